The number of carbonyl (C=O) groups is 1. The Hall–Kier alpha value is -2.50. The van der Waals surface area contributed by atoms with E-state index in [0.29, 0.717) is 5.69 Å². The molecule has 1 unspecified atom stereocenters. The van der Waals surface area contributed by atoms with Crippen molar-refractivity contribution in [2.45, 2.75) is 13.0 Å². The summed E-state index contributed by atoms with van der Waals surface area (Å²) < 4.78 is 27.3. The summed E-state index contributed by atoms with van der Waals surface area (Å²) in [6, 6.07) is 7.15. The Balaban J connectivity index is 2.27. The van der Waals surface area contributed by atoms with E-state index < -0.39 is 23.2 Å². The number of aromatic carboxylic acids is 1. The molecule has 0 amide bonds. The fourth-order valence-electron chi connectivity index (χ4n) is 1.77. The quantitative estimate of drug-likeness (QED) is 0.901. The van der Waals surface area contributed by atoms with Gasteiger partial charge < -0.3 is 10.4 Å². The third-order valence-corrected chi connectivity index (χ3v) is 2.82. The highest BCUT2D eigenvalue weighted by molar-refractivity contribution is 5.88. The summed E-state index contributed by atoms with van der Waals surface area (Å²) in [5, 5.41) is 11.5. The summed E-state index contributed by atoms with van der Waals surface area (Å²) in [5.41, 5.74) is -0.140. The van der Waals surface area contributed by atoms with Crippen molar-refractivity contribution < 1.29 is 18.7 Å². The number of hydrogen-bond acceptors (Lipinski definition) is 3. The highest BCUT2D eigenvalue weighted by atomic mass is 19.2. The van der Waals surface area contributed by atoms with Crippen LogP contribution < -0.4 is 5.32 Å². The van der Waals surface area contributed by atoms with Gasteiger partial charge in [0.1, 0.15) is 0 Å². The van der Waals surface area contributed by atoms with Crippen molar-refractivity contribution in [2.75, 3.05) is 5.32 Å². The van der Waals surface area contributed by atoms with Crippen molar-refractivity contribution in [2.24, 2.45) is 0 Å². The Morgan fingerprint density at radius 3 is 2.60 bits per heavy atom. The van der Waals surface area contributed by atoms with E-state index in [1.165, 1.54) is 6.07 Å². The monoisotopic (exact) mass is 278 g/mol. The molecule has 2 rings (SSSR count). The average molecular weight is 278 g/mol. The number of anilines is 1. The predicted octanol–water partition coefficient (Wildman–Crippen LogP) is 3.23. The molecule has 1 atom stereocenters. The van der Waals surface area contributed by atoms with Gasteiger partial charge in [-0.05, 0) is 31.2 Å². The standard InChI is InChI=1S/C14H12F2N2O2/c1-8(10-4-2-3-7-17-10)18-11-6-5-9(14(19)20)12(15)13(11)16/h2-8,18H,1H3,(H,19,20). The first-order valence-corrected chi connectivity index (χ1v) is 5.89. The van der Waals surface area contributed by atoms with E-state index >= 15 is 0 Å². The molecule has 0 aliphatic rings. The number of halogens is 2. The molecule has 2 aromatic rings. The van der Waals surface area contributed by atoms with Gasteiger partial charge in [-0.15, -0.1) is 0 Å². The Morgan fingerprint density at radius 1 is 1.25 bits per heavy atom. The first-order chi connectivity index (χ1) is 9.50. The van der Waals surface area contributed by atoms with Crippen molar-refractivity contribution >= 4 is 11.7 Å². The molecule has 104 valence electrons. The highest BCUT2D eigenvalue weighted by Crippen LogP contribution is 2.24. The molecule has 4 nitrogen and oxygen atoms in total. The van der Waals surface area contributed by atoms with Crippen LogP contribution in [0.15, 0.2) is 36.5 Å². The lowest BCUT2D eigenvalue weighted by atomic mass is 10.1. The number of aromatic nitrogens is 1. The van der Waals surface area contributed by atoms with Crippen LogP contribution in [0.3, 0.4) is 0 Å². The summed E-state index contributed by atoms with van der Waals surface area (Å²) >= 11 is 0. The molecule has 1 heterocycles. The van der Waals surface area contributed by atoms with Gasteiger partial charge in [0.15, 0.2) is 11.6 Å². The predicted molar refractivity (Wildman–Crippen MR) is 69.6 cm³/mol. The van der Waals surface area contributed by atoms with Crippen molar-refractivity contribution in [1.29, 1.82) is 0 Å². The smallest absolute Gasteiger partial charge is 0.338 e. The maximum absolute atomic E-state index is 13.8. The molecule has 2 N–H and O–H groups in total. The molecule has 0 spiro atoms. The van der Waals surface area contributed by atoms with E-state index in [4.69, 9.17) is 5.11 Å². The Kier molecular flexibility index (Phi) is 3.93. The number of hydrogen-bond donors (Lipinski definition) is 2. The van der Waals surface area contributed by atoms with E-state index in [0.717, 1.165) is 6.07 Å². The van der Waals surface area contributed by atoms with Crippen LogP contribution in [-0.4, -0.2) is 16.1 Å². The molecule has 0 aliphatic heterocycles. The third-order valence-electron chi connectivity index (χ3n) is 2.82. The minimum Gasteiger partial charge on any atom is -0.478 e. The maximum atomic E-state index is 13.8. The van der Waals surface area contributed by atoms with Crippen molar-refractivity contribution in [3.63, 3.8) is 0 Å². The summed E-state index contributed by atoms with van der Waals surface area (Å²) in [5.74, 6) is -4.10. The molecule has 1 aromatic carbocycles. The summed E-state index contributed by atoms with van der Waals surface area (Å²) in [6.07, 6.45) is 1.60. The normalized spacial score (nSPS) is 11.9. The number of carboxylic acids is 1. The van der Waals surface area contributed by atoms with Crippen LogP contribution in [0.5, 0.6) is 0 Å². The zero-order chi connectivity index (χ0) is 14.7. The van der Waals surface area contributed by atoms with Gasteiger partial charge in [-0.1, -0.05) is 6.07 Å². The van der Waals surface area contributed by atoms with Gasteiger partial charge in [0.05, 0.1) is 23.0 Å². The van der Waals surface area contributed by atoms with Gasteiger partial charge in [0, 0.05) is 6.20 Å². The average Bonchev–Trinajstić information content (AvgIpc) is 2.44. The minimum atomic E-state index is -1.51. The second-order valence-electron chi connectivity index (χ2n) is 4.21. The van der Waals surface area contributed by atoms with Gasteiger partial charge in [-0.3, -0.25) is 4.98 Å². The number of pyridine rings is 1. The SMILES string of the molecule is CC(Nc1ccc(C(=O)O)c(F)c1F)c1ccccn1. The molecule has 1 aromatic heterocycles. The largest absolute Gasteiger partial charge is 0.478 e. The number of nitrogens with zero attached hydrogens (tertiary/aromatic N) is 1. The van der Waals surface area contributed by atoms with Gasteiger partial charge in [0.25, 0.3) is 0 Å². The van der Waals surface area contributed by atoms with Gasteiger partial charge >= 0.3 is 5.97 Å². The van der Waals surface area contributed by atoms with E-state index in [1.54, 1.807) is 31.3 Å². The van der Waals surface area contributed by atoms with Crippen LogP contribution in [0.2, 0.25) is 0 Å². The topological polar surface area (TPSA) is 62.2 Å². The summed E-state index contributed by atoms with van der Waals surface area (Å²) in [6.45, 7) is 1.74. The minimum absolute atomic E-state index is 0.106. The van der Waals surface area contributed by atoms with Gasteiger partial charge in [0.2, 0.25) is 0 Å². The molecular formula is C14H12F2N2O2. The van der Waals surface area contributed by atoms with Crippen LogP contribution in [0.4, 0.5) is 14.5 Å². The Bertz CT molecular complexity index is 633. The lowest BCUT2D eigenvalue weighted by molar-refractivity contribution is 0.0690. The lowest BCUT2D eigenvalue weighted by Crippen LogP contribution is -2.11. The maximum Gasteiger partial charge on any atom is 0.338 e. The van der Waals surface area contributed by atoms with Crippen LogP contribution >= 0.6 is 0 Å². The molecule has 6 heteroatoms. The lowest BCUT2D eigenvalue weighted by Gasteiger charge is -2.15. The van der Waals surface area contributed by atoms with Gasteiger partial charge in [-0.25, -0.2) is 13.6 Å². The zero-order valence-electron chi connectivity index (χ0n) is 10.6. The van der Waals surface area contributed by atoms with E-state index in [9.17, 15) is 13.6 Å². The van der Waals surface area contributed by atoms with E-state index in [1.807, 2.05) is 0 Å². The molecule has 0 radical (unpaired) electrons. The molecule has 0 aliphatic carbocycles. The highest BCUT2D eigenvalue weighted by Gasteiger charge is 2.19. The third kappa shape index (κ3) is 2.74. The van der Waals surface area contributed by atoms with Gasteiger partial charge in [-0.2, -0.15) is 0 Å². The van der Waals surface area contributed by atoms with Crippen molar-refractivity contribution in [3.8, 4) is 0 Å². The number of rotatable bonds is 4. The van der Waals surface area contributed by atoms with Crippen LogP contribution in [0.1, 0.15) is 29.0 Å². The van der Waals surface area contributed by atoms with E-state index in [2.05, 4.69) is 10.3 Å². The molecule has 0 saturated carbocycles. The summed E-state index contributed by atoms with van der Waals surface area (Å²) in [4.78, 5) is 14.8. The van der Waals surface area contributed by atoms with E-state index in [-0.39, 0.29) is 11.7 Å². The second-order valence-corrected chi connectivity index (χ2v) is 4.21. The molecule has 0 saturated heterocycles. The Labute approximate surface area is 114 Å². The molecule has 0 bridgehead atoms. The fraction of sp³-hybridized carbons (Fsp3) is 0.143. The summed E-state index contributed by atoms with van der Waals surface area (Å²) in [7, 11) is 0. The van der Waals surface area contributed by atoms with Crippen LogP contribution in [-0.2, 0) is 0 Å². The molecule has 0 fully saturated rings. The second kappa shape index (κ2) is 5.64. The van der Waals surface area contributed by atoms with Crippen LogP contribution in [0.25, 0.3) is 0 Å². The van der Waals surface area contributed by atoms with Crippen LogP contribution in [0, 0.1) is 11.6 Å². The Morgan fingerprint density at radius 2 is 2.00 bits per heavy atom. The first-order valence-electron chi connectivity index (χ1n) is 5.89. The number of carboxylic acid groups (broad SMARTS) is 1. The van der Waals surface area contributed by atoms with Crippen molar-refractivity contribution in [1.82, 2.24) is 4.98 Å². The number of nitrogens with one attached hydrogen (secondary N) is 1. The molecular weight excluding hydrogens is 266 g/mol. The number of benzene rings is 1. The zero-order valence-corrected chi connectivity index (χ0v) is 10.6. The molecule has 20 heavy (non-hydrogen) atoms. The fourth-order valence-corrected chi connectivity index (χ4v) is 1.77. The first kappa shape index (κ1) is 13.9. The van der Waals surface area contributed by atoms with Crippen molar-refractivity contribution in [3.05, 3.63) is 59.4 Å².